The summed E-state index contributed by atoms with van der Waals surface area (Å²) >= 11 is 1.69. The van der Waals surface area contributed by atoms with Crippen LogP contribution in [0.4, 0.5) is 0 Å². The topological polar surface area (TPSA) is 62.5 Å². The fourth-order valence-corrected chi connectivity index (χ4v) is 4.97. The van der Waals surface area contributed by atoms with Gasteiger partial charge >= 0.3 is 0 Å². The Balaban J connectivity index is 1.46. The Morgan fingerprint density at radius 1 is 1.34 bits per heavy atom. The first kappa shape index (κ1) is 19.8. The number of thiophene rings is 1. The minimum atomic E-state index is 0.0953. The Morgan fingerprint density at radius 2 is 2.17 bits per heavy atom. The predicted molar refractivity (Wildman–Crippen MR) is 113 cm³/mol. The molecular formula is C22H26N4O2S. The molecule has 29 heavy (non-hydrogen) atoms. The van der Waals surface area contributed by atoms with E-state index in [1.165, 1.54) is 16.0 Å². The van der Waals surface area contributed by atoms with Crippen molar-refractivity contribution in [2.75, 3.05) is 13.6 Å². The molecule has 3 aromatic heterocycles. The molecule has 0 radical (unpaired) electrons. The standard InChI is InChI=1S/C22H26N4O2S/c1-14-9-23-7-5-17(14)10-25(4)22(27)20-13-29-21-12-26(8-6-18(20)21)11-19-15(2)24-28-16(19)3/h5,7,9,13H,6,8,10-12H2,1-4H3. The molecule has 0 aliphatic carbocycles. The van der Waals surface area contributed by atoms with Gasteiger partial charge in [0.25, 0.3) is 5.91 Å². The van der Waals surface area contributed by atoms with E-state index in [9.17, 15) is 4.79 Å². The van der Waals surface area contributed by atoms with E-state index in [-0.39, 0.29) is 5.91 Å². The number of rotatable bonds is 5. The zero-order valence-electron chi connectivity index (χ0n) is 17.4. The van der Waals surface area contributed by atoms with Gasteiger partial charge in [0.15, 0.2) is 0 Å². The summed E-state index contributed by atoms with van der Waals surface area (Å²) in [7, 11) is 1.87. The van der Waals surface area contributed by atoms with Crippen LogP contribution in [0.2, 0.25) is 0 Å². The van der Waals surface area contributed by atoms with Gasteiger partial charge in [-0.3, -0.25) is 14.7 Å². The zero-order valence-corrected chi connectivity index (χ0v) is 18.2. The number of aryl methyl sites for hydroxylation is 3. The molecular weight excluding hydrogens is 384 g/mol. The van der Waals surface area contributed by atoms with Gasteiger partial charge in [0, 0.05) is 61.4 Å². The Hall–Kier alpha value is -2.51. The van der Waals surface area contributed by atoms with Crippen molar-refractivity contribution in [3.05, 3.63) is 68.0 Å². The molecule has 0 fully saturated rings. The molecule has 0 N–H and O–H groups in total. The molecule has 152 valence electrons. The SMILES string of the molecule is Cc1cnccc1CN(C)C(=O)c1csc2c1CCN(Cc1c(C)noc1C)C2. The largest absolute Gasteiger partial charge is 0.361 e. The van der Waals surface area contributed by atoms with Crippen molar-refractivity contribution in [1.82, 2.24) is 19.9 Å². The molecule has 0 spiro atoms. The number of amides is 1. The molecule has 4 rings (SSSR count). The van der Waals surface area contributed by atoms with Crippen LogP contribution in [-0.2, 0) is 26.1 Å². The lowest BCUT2D eigenvalue weighted by Crippen LogP contribution is -2.32. The zero-order chi connectivity index (χ0) is 20.5. The fraction of sp³-hybridized carbons (Fsp3) is 0.409. The van der Waals surface area contributed by atoms with Gasteiger partial charge in [-0.15, -0.1) is 11.3 Å². The van der Waals surface area contributed by atoms with Gasteiger partial charge in [0.05, 0.1) is 11.3 Å². The molecule has 0 saturated heterocycles. The highest BCUT2D eigenvalue weighted by atomic mass is 32.1. The molecule has 6 nitrogen and oxygen atoms in total. The van der Waals surface area contributed by atoms with E-state index in [4.69, 9.17) is 4.52 Å². The summed E-state index contributed by atoms with van der Waals surface area (Å²) in [5, 5.41) is 6.09. The molecule has 0 aromatic carbocycles. The van der Waals surface area contributed by atoms with Crippen LogP contribution in [0.5, 0.6) is 0 Å². The molecule has 0 unspecified atom stereocenters. The first-order chi connectivity index (χ1) is 13.9. The maximum Gasteiger partial charge on any atom is 0.255 e. The maximum atomic E-state index is 13.1. The molecule has 1 amide bonds. The molecule has 3 aromatic rings. The van der Waals surface area contributed by atoms with Crippen molar-refractivity contribution in [1.29, 1.82) is 0 Å². The summed E-state index contributed by atoms with van der Waals surface area (Å²) in [6.07, 6.45) is 4.51. The quantitative estimate of drug-likeness (QED) is 0.639. The lowest BCUT2D eigenvalue weighted by Gasteiger charge is -2.27. The summed E-state index contributed by atoms with van der Waals surface area (Å²) in [5.41, 5.74) is 6.45. The number of carbonyl (C=O) groups excluding carboxylic acids is 1. The van der Waals surface area contributed by atoms with Crippen LogP contribution >= 0.6 is 11.3 Å². The van der Waals surface area contributed by atoms with Crippen molar-refractivity contribution in [2.45, 2.75) is 46.8 Å². The monoisotopic (exact) mass is 410 g/mol. The minimum Gasteiger partial charge on any atom is -0.361 e. The van der Waals surface area contributed by atoms with Crippen LogP contribution in [0.25, 0.3) is 0 Å². The van der Waals surface area contributed by atoms with Gasteiger partial charge in [-0.25, -0.2) is 0 Å². The minimum absolute atomic E-state index is 0.0953. The molecule has 1 aliphatic heterocycles. The summed E-state index contributed by atoms with van der Waals surface area (Å²) < 4.78 is 5.30. The van der Waals surface area contributed by atoms with E-state index < -0.39 is 0 Å². The lowest BCUT2D eigenvalue weighted by molar-refractivity contribution is 0.0783. The Bertz CT molecular complexity index is 1020. The van der Waals surface area contributed by atoms with Gasteiger partial charge in [-0.05, 0) is 49.9 Å². The second-order valence-electron chi connectivity index (χ2n) is 7.78. The Kier molecular flexibility index (Phi) is 5.52. The van der Waals surface area contributed by atoms with E-state index in [2.05, 4.69) is 15.0 Å². The van der Waals surface area contributed by atoms with Crippen molar-refractivity contribution < 1.29 is 9.32 Å². The van der Waals surface area contributed by atoms with E-state index >= 15 is 0 Å². The van der Waals surface area contributed by atoms with Crippen LogP contribution in [0.1, 0.15) is 48.9 Å². The van der Waals surface area contributed by atoms with Crippen LogP contribution in [0, 0.1) is 20.8 Å². The lowest BCUT2D eigenvalue weighted by atomic mass is 10.0. The van der Waals surface area contributed by atoms with Crippen molar-refractivity contribution in [3.63, 3.8) is 0 Å². The molecule has 1 aliphatic rings. The van der Waals surface area contributed by atoms with Crippen molar-refractivity contribution in [2.24, 2.45) is 0 Å². The Morgan fingerprint density at radius 3 is 2.90 bits per heavy atom. The summed E-state index contributed by atoms with van der Waals surface area (Å²) in [6.45, 7) is 9.21. The van der Waals surface area contributed by atoms with E-state index in [0.717, 1.165) is 54.2 Å². The highest BCUT2D eigenvalue weighted by Gasteiger charge is 2.26. The van der Waals surface area contributed by atoms with Gasteiger partial charge in [0.1, 0.15) is 5.76 Å². The number of carbonyl (C=O) groups is 1. The second-order valence-corrected chi connectivity index (χ2v) is 8.74. The fourth-order valence-electron chi connectivity index (χ4n) is 3.86. The third-order valence-corrected chi connectivity index (χ3v) is 6.72. The predicted octanol–water partition coefficient (Wildman–Crippen LogP) is 3.89. The van der Waals surface area contributed by atoms with Gasteiger partial charge < -0.3 is 9.42 Å². The van der Waals surface area contributed by atoms with E-state index in [1.807, 2.05) is 45.5 Å². The molecule has 0 bridgehead atoms. The van der Waals surface area contributed by atoms with E-state index in [0.29, 0.717) is 6.54 Å². The third kappa shape index (κ3) is 3.97. The van der Waals surface area contributed by atoms with Crippen LogP contribution < -0.4 is 0 Å². The van der Waals surface area contributed by atoms with Crippen LogP contribution in [0.3, 0.4) is 0 Å². The highest BCUT2D eigenvalue weighted by Crippen LogP contribution is 2.31. The average Bonchev–Trinajstić information content (AvgIpc) is 3.27. The number of fused-ring (bicyclic) bond motifs is 1. The van der Waals surface area contributed by atoms with Crippen LogP contribution in [0.15, 0.2) is 28.4 Å². The normalized spacial score (nSPS) is 14.1. The summed E-state index contributed by atoms with van der Waals surface area (Å²) in [5.74, 6) is 0.987. The van der Waals surface area contributed by atoms with Gasteiger partial charge in [0.2, 0.25) is 0 Å². The van der Waals surface area contributed by atoms with Gasteiger partial charge in [-0.2, -0.15) is 0 Å². The molecule has 7 heteroatoms. The molecule has 0 saturated carbocycles. The molecule has 0 atom stereocenters. The van der Waals surface area contributed by atoms with E-state index in [1.54, 1.807) is 22.4 Å². The highest BCUT2D eigenvalue weighted by molar-refractivity contribution is 7.10. The van der Waals surface area contributed by atoms with Crippen molar-refractivity contribution >= 4 is 17.2 Å². The van der Waals surface area contributed by atoms with Crippen LogP contribution in [-0.4, -0.2) is 39.4 Å². The second kappa shape index (κ2) is 8.08. The first-order valence-electron chi connectivity index (χ1n) is 9.82. The summed E-state index contributed by atoms with van der Waals surface area (Å²) in [6, 6.07) is 1.98. The number of nitrogens with zero attached hydrogens (tertiary/aromatic N) is 4. The number of aromatic nitrogens is 2. The summed E-state index contributed by atoms with van der Waals surface area (Å²) in [4.78, 5) is 22.7. The number of hydrogen-bond acceptors (Lipinski definition) is 6. The first-order valence-corrected chi connectivity index (χ1v) is 10.7. The third-order valence-electron chi connectivity index (χ3n) is 5.71. The maximum absolute atomic E-state index is 13.1. The molecule has 4 heterocycles. The van der Waals surface area contributed by atoms with Crippen molar-refractivity contribution in [3.8, 4) is 0 Å². The van der Waals surface area contributed by atoms with Gasteiger partial charge in [-0.1, -0.05) is 5.16 Å². The average molecular weight is 411 g/mol. The number of pyridine rings is 1. The Labute approximate surface area is 175 Å². The smallest absolute Gasteiger partial charge is 0.255 e. The number of hydrogen-bond donors (Lipinski definition) is 0.